The predicted octanol–water partition coefficient (Wildman–Crippen LogP) is 2.65. The van der Waals surface area contributed by atoms with Gasteiger partial charge in [0.05, 0.1) is 24.6 Å². The Bertz CT molecular complexity index is 1230. The van der Waals surface area contributed by atoms with Crippen LogP contribution in [0.2, 0.25) is 5.15 Å². The van der Waals surface area contributed by atoms with Gasteiger partial charge in [0.15, 0.2) is 5.65 Å². The van der Waals surface area contributed by atoms with Crippen molar-refractivity contribution >= 4 is 34.2 Å². The van der Waals surface area contributed by atoms with Gasteiger partial charge in [-0.3, -0.25) is 9.59 Å². The highest BCUT2D eigenvalue weighted by Gasteiger charge is 2.11. The number of benzene rings is 1. The SMILES string of the molecule is Cc1ccc(CC(=O)Nc2ccc(-n3ncc4c(=O)[nH]cnc43)cc2)c(Cl)n1. The molecule has 2 N–H and O–H groups in total. The predicted molar refractivity (Wildman–Crippen MR) is 106 cm³/mol. The molecule has 1 aromatic carbocycles. The number of pyridine rings is 1. The van der Waals surface area contributed by atoms with Crippen molar-refractivity contribution in [1.29, 1.82) is 0 Å². The third-order valence-electron chi connectivity index (χ3n) is 4.18. The maximum atomic E-state index is 12.3. The Balaban J connectivity index is 1.51. The summed E-state index contributed by atoms with van der Waals surface area (Å²) in [6, 6.07) is 10.7. The fourth-order valence-corrected chi connectivity index (χ4v) is 3.06. The number of amides is 1. The molecule has 0 fully saturated rings. The first kappa shape index (κ1) is 17.9. The normalized spacial score (nSPS) is 10.9. The van der Waals surface area contributed by atoms with E-state index in [1.54, 1.807) is 35.0 Å². The molecular formula is C19H15ClN6O2. The van der Waals surface area contributed by atoms with Gasteiger partial charge in [0.1, 0.15) is 10.5 Å². The monoisotopic (exact) mass is 394 g/mol. The van der Waals surface area contributed by atoms with Crippen LogP contribution in [0.1, 0.15) is 11.3 Å². The van der Waals surface area contributed by atoms with E-state index in [2.05, 4.69) is 25.4 Å². The summed E-state index contributed by atoms with van der Waals surface area (Å²) in [5.74, 6) is -0.196. The highest BCUT2D eigenvalue weighted by Crippen LogP contribution is 2.18. The van der Waals surface area contributed by atoms with E-state index in [1.165, 1.54) is 12.5 Å². The molecule has 0 radical (unpaired) electrons. The van der Waals surface area contributed by atoms with Gasteiger partial charge in [-0.25, -0.2) is 14.6 Å². The number of aromatic amines is 1. The zero-order valence-corrected chi connectivity index (χ0v) is 15.6. The van der Waals surface area contributed by atoms with Gasteiger partial charge < -0.3 is 10.3 Å². The van der Waals surface area contributed by atoms with Crippen LogP contribution in [0.4, 0.5) is 5.69 Å². The van der Waals surface area contributed by atoms with Crippen LogP contribution in [0.25, 0.3) is 16.7 Å². The van der Waals surface area contributed by atoms with Crippen molar-refractivity contribution in [3.8, 4) is 5.69 Å². The molecule has 3 aromatic heterocycles. The molecule has 0 atom stereocenters. The van der Waals surface area contributed by atoms with Crippen molar-refractivity contribution in [1.82, 2.24) is 24.7 Å². The lowest BCUT2D eigenvalue weighted by Gasteiger charge is -2.08. The molecule has 9 heteroatoms. The van der Waals surface area contributed by atoms with Crippen molar-refractivity contribution in [2.75, 3.05) is 5.32 Å². The summed E-state index contributed by atoms with van der Waals surface area (Å²) in [7, 11) is 0. The molecule has 0 aliphatic rings. The molecule has 0 aliphatic carbocycles. The van der Waals surface area contributed by atoms with E-state index in [0.29, 0.717) is 27.4 Å². The number of hydrogen-bond donors (Lipinski definition) is 2. The van der Waals surface area contributed by atoms with Gasteiger partial charge in [-0.15, -0.1) is 0 Å². The molecule has 8 nitrogen and oxygen atoms in total. The summed E-state index contributed by atoms with van der Waals surface area (Å²) in [4.78, 5) is 34.9. The van der Waals surface area contributed by atoms with Gasteiger partial charge in [-0.2, -0.15) is 5.10 Å². The standard InChI is InChI=1S/C19H15ClN6O2/c1-11-2-3-12(17(20)24-11)8-16(27)25-13-4-6-14(7-5-13)26-18-15(9-23-26)19(28)22-10-21-18/h2-7,9-10H,8H2,1H3,(H,25,27)(H,21,22,28). The van der Waals surface area contributed by atoms with Crippen molar-refractivity contribution in [2.24, 2.45) is 0 Å². The van der Waals surface area contributed by atoms with E-state index < -0.39 is 0 Å². The lowest BCUT2D eigenvalue weighted by Crippen LogP contribution is -2.15. The Labute approximate surface area is 164 Å². The van der Waals surface area contributed by atoms with E-state index in [-0.39, 0.29) is 17.9 Å². The van der Waals surface area contributed by atoms with E-state index >= 15 is 0 Å². The Morgan fingerprint density at radius 3 is 2.75 bits per heavy atom. The number of fused-ring (bicyclic) bond motifs is 1. The van der Waals surface area contributed by atoms with Crippen LogP contribution in [-0.2, 0) is 11.2 Å². The third-order valence-corrected chi connectivity index (χ3v) is 4.51. The largest absolute Gasteiger partial charge is 0.326 e. The van der Waals surface area contributed by atoms with Gasteiger partial charge in [0.2, 0.25) is 5.91 Å². The van der Waals surface area contributed by atoms with Crippen LogP contribution in [0.3, 0.4) is 0 Å². The van der Waals surface area contributed by atoms with Crippen molar-refractivity contribution in [3.63, 3.8) is 0 Å². The summed E-state index contributed by atoms with van der Waals surface area (Å²) in [6.07, 6.45) is 2.93. The number of halogens is 1. The second-order valence-electron chi connectivity index (χ2n) is 6.20. The van der Waals surface area contributed by atoms with Crippen molar-refractivity contribution < 1.29 is 4.79 Å². The molecule has 1 amide bonds. The van der Waals surface area contributed by atoms with Crippen LogP contribution >= 0.6 is 11.6 Å². The van der Waals surface area contributed by atoms with E-state index in [0.717, 1.165) is 11.4 Å². The van der Waals surface area contributed by atoms with Crippen LogP contribution in [0.5, 0.6) is 0 Å². The fraction of sp³-hybridized carbons (Fsp3) is 0.105. The number of hydrogen-bond acceptors (Lipinski definition) is 5. The van der Waals surface area contributed by atoms with Crippen LogP contribution in [0.15, 0.2) is 53.7 Å². The second-order valence-corrected chi connectivity index (χ2v) is 6.56. The number of carbonyl (C=O) groups excluding carboxylic acids is 1. The van der Waals surface area contributed by atoms with E-state index in [4.69, 9.17) is 11.6 Å². The Morgan fingerprint density at radius 2 is 2.00 bits per heavy atom. The van der Waals surface area contributed by atoms with Gasteiger partial charge in [-0.05, 0) is 42.8 Å². The lowest BCUT2D eigenvalue weighted by atomic mass is 10.2. The number of rotatable bonds is 4. The first-order valence-electron chi connectivity index (χ1n) is 8.45. The summed E-state index contributed by atoms with van der Waals surface area (Å²) in [6.45, 7) is 1.84. The highest BCUT2D eigenvalue weighted by atomic mass is 35.5. The van der Waals surface area contributed by atoms with E-state index in [9.17, 15) is 9.59 Å². The average Bonchev–Trinajstić information content (AvgIpc) is 3.10. The molecule has 0 saturated heterocycles. The molecule has 4 aromatic rings. The van der Waals surface area contributed by atoms with Crippen molar-refractivity contribution in [2.45, 2.75) is 13.3 Å². The quantitative estimate of drug-likeness (QED) is 0.517. The Morgan fingerprint density at radius 1 is 1.21 bits per heavy atom. The second kappa shape index (κ2) is 7.24. The molecule has 0 bridgehead atoms. The first-order valence-corrected chi connectivity index (χ1v) is 8.83. The summed E-state index contributed by atoms with van der Waals surface area (Å²) < 4.78 is 1.56. The summed E-state index contributed by atoms with van der Waals surface area (Å²) in [5.41, 5.74) is 3.03. The number of aryl methyl sites for hydroxylation is 1. The smallest absolute Gasteiger partial charge is 0.261 e. The van der Waals surface area contributed by atoms with Gasteiger partial charge in [0, 0.05) is 11.4 Å². The molecule has 0 unspecified atom stereocenters. The topological polar surface area (TPSA) is 106 Å². The van der Waals surface area contributed by atoms with Gasteiger partial charge >= 0.3 is 0 Å². The number of aromatic nitrogens is 5. The minimum Gasteiger partial charge on any atom is -0.326 e. The summed E-state index contributed by atoms with van der Waals surface area (Å²) in [5, 5.41) is 7.78. The van der Waals surface area contributed by atoms with Crippen LogP contribution < -0.4 is 10.9 Å². The zero-order valence-electron chi connectivity index (χ0n) is 14.8. The number of H-pyrrole nitrogens is 1. The van der Waals surface area contributed by atoms with Crippen LogP contribution in [-0.4, -0.2) is 30.6 Å². The third kappa shape index (κ3) is 3.49. The molecule has 0 aliphatic heterocycles. The zero-order chi connectivity index (χ0) is 19.7. The minimum atomic E-state index is -0.246. The molecule has 4 rings (SSSR count). The molecule has 140 valence electrons. The highest BCUT2D eigenvalue weighted by molar-refractivity contribution is 6.30. The number of nitrogens with one attached hydrogen (secondary N) is 2. The fourth-order valence-electron chi connectivity index (χ4n) is 2.79. The number of nitrogens with zero attached hydrogens (tertiary/aromatic N) is 4. The number of anilines is 1. The molecule has 28 heavy (non-hydrogen) atoms. The maximum Gasteiger partial charge on any atom is 0.261 e. The molecule has 0 spiro atoms. The molecular weight excluding hydrogens is 380 g/mol. The van der Waals surface area contributed by atoms with Gasteiger partial charge in [-0.1, -0.05) is 17.7 Å². The van der Waals surface area contributed by atoms with Gasteiger partial charge in [0.25, 0.3) is 5.56 Å². The summed E-state index contributed by atoms with van der Waals surface area (Å²) >= 11 is 6.08. The number of carbonyl (C=O) groups is 1. The molecule has 0 saturated carbocycles. The van der Waals surface area contributed by atoms with Crippen LogP contribution in [0, 0.1) is 6.92 Å². The molecule has 3 heterocycles. The van der Waals surface area contributed by atoms with Crippen molar-refractivity contribution in [3.05, 3.63) is 75.7 Å². The minimum absolute atomic E-state index is 0.129. The lowest BCUT2D eigenvalue weighted by molar-refractivity contribution is -0.115. The average molecular weight is 395 g/mol. The Hall–Kier alpha value is -3.52. The Kier molecular flexibility index (Phi) is 4.62. The first-order chi connectivity index (χ1) is 13.5. The van der Waals surface area contributed by atoms with E-state index in [1.807, 2.05) is 13.0 Å². The maximum absolute atomic E-state index is 12.3.